The molecule has 3 aliphatic heterocycles. The van der Waals surface area contributed by atoms with E-state index in [0.717, 1.165) is 47.9 Å². The first-order chi connectivity index (χ1) is 17.7. The first-order valence-corrected chi connectivity index (χ1v) is 14.1. The molecule has 0 radical (unpaired) electrons. The minimum absolute atomic E-state index is 0.312. The maximum absolute atomic E-state index is 6.91. The summed E-state index contributed by atoms with van der Waals surface area (Å²) < 4.78 is 32.1. The van der Waals surface area contributed by atoms with Crippen molar-refractivity contribution in [2.45, 2.75) is 109 Å². The van der Waals surface area contributed by atoms with Crippen LogP contribution in [0.4, 0.5) is 0 Å². The van der Waals surface area contributed by atoms with E-state index in [-0.39, 0.29) is 35.1 Å². The van der Waals surface area contributed by atoms with Gasteiger partial charge < -0.3 is 23.4 Å². The zero-order valence-electron chi connectivity index (χ0n) is 24.1. The largest absolute Gasteiger partial charge is 0.494 e. The van der Waals surface area contributed by atoms with Crippen molar-refractivity contribution in [3.63, 3.8) is 0 Å². The molecule has 0 aromatic heterocycles. The predicted octanol–water partition coefficient (Wildman–Crippen LogP) is 5.53. The second kappa shape index (κ2) is 8.47. The summed E-state index contributed by atoms with van der Waals surface area (Å²) in [6.45, 7) is 16.7. The van der Waals surface area contributed by atoms with Crippen LogP contribution in [0.15, 0.2) is 42.5 Å². The standard InChI is InChI=1S/C31H40B2O5/c1-27(2)28(3,4)36-32(35-27)23-14-11-21(12-15-23)25-19-22-13-16-24(33-37-29(5,6)30(7,8)38-33)20-26(22)34-31(25)17-9-10-18-31/h11-16,19-20H,9-10,17-18H2,1-8H3. The molecule has 1 saturated carbocycles. The Morgan fingerprint density at radius 3 is 1.61 bits per heavy atom. The summed E-state index contributed by atoms with van der Waals surface area (Å²) in [6, 6.07) is 15.0. The van der Waals surface area contributed by atoms with Gasteiger partial charge in [0.05, 0.1) is 22.4 Å². The zero-order valence-corrected chi connectivity index (χ0v) is 24.1. The molecule has 7 heteroatoms. The second-order valence-electron chi connectivity index (χ2n) is 13.5. The Kier molecular flexibility index (Phi) is 5.84. The minimum Gasteiger partial charge on any atom is -0.482 e. The van der Waals surface area contributed by atoms with Gasteiger partial charge in [0.2, 0.25) is 0 Å². The SMILES string of the molecule is CC1(C)OB(c2ccc(C3=Cc4ccc(B5OC(C)(C)C(C)(C)O5)cc4OC34CCCC4)cc2)OC1(C)C. The minimum atomic E-state index is -0.402. The Morgan fingerprint density at radius 2 is 1.08 bits per heavy atom. The van der Waals surface area contributed by atoms with E-state index in [9.17, 15) is 0 Å². The van der Waals surface area contributed by atoms with Gasteiger partial charge in [-0.15, -0.1) is 0 Å². The van der Waals surface area contributed by atoms with Crippen LogP contribution in [0.5, 0.6) is 5.75 Å². The van der Waals surface area contributed by atoms with Crippen LogP contribution < -0.4 is 15.7 Å². The van der Waals surface area contributed by atoms with Crippen molar-refractivity contribution in [3.05, 3.63) is 53.6 Å². The van der Waals surface area contributed by atoms with Gasteiger partial charge in [-0.3, -0.25) is 0 Å². The third kappa shape index (κ3) is 4.09. The van der Waals surface area contributed by atoms with E-state index in [2.05, 4.69) is 104 Å². The Hall–Kier alpha value is -2.05. The van der Waals surface area contributed by atoms with Gasteiger partial charge >= 0.3 is 14.2 Å². The molecule has 4 aliphatic rings. The maximum Gasteiger partial charge on any atom is 0.494 e. The monoisotopic (exact) mass is 514 g/mol. The van der Waals surface area contributed by atoms with Crippen LogP contribution in [-0.2, 0) is 18.6 Å². The Labute approximate surface area is 228 Å². The molecule has 0 bridgehead atoms. The predicted molar refractivity (Wildman–Crippen MR) is 154 cm³/mol. The van der Waals surface area contributed by atoms with E-state index in [1.807, 2.05) is 0 Å². The van der Waals surface area contributed by atoms with Crippen LogP contribution in [0.3, 0.4) is 0 Å². The lowest BCUT2D eigenvalue weighted by molar-refractivity contribution is 0.00578. The van der Waals surface area contributed by atoms with Gasteiger partial charge in [0.1, 0.15) is 11.4 Å². The molecule has 38 heavy (non-hydrogen) atoms. The Balaban J connectivity index is 1.31. The van der Waals surface area contributed by atoms with Crippen molar-refractivity contribution in [1.29, 1.82) is 0 Å². The molecular weight excluding hydrogens is 474 g/mol. The molecule has 2 saturated heterocycles. The topological polar surface area (TPSA) is 46.2 Å². The molecular formula is C31H40B2O5. The first kappa shape index (κ1) is 26.2. The van der Waals surface area contributed by atoms with Gasteiger partial charge in [-0.25, -0.2) is 0 Å². The molecule has 0 amide bonds. The fourth-order valence-electron chi connectivity index (χ4n) is 5.90. The summed E-state index contributed by atoms with van der Waals surface area (Å²) in [5.74, 6) is 0.914. The number of hydrogen-bond acceptors (Lipinski definition) is 5. The van der Waals surface area contributed by atoms with E-state index in [1.165, 1.54) is 11.1 Å². The van der Waals surface area contributed by atoms with Crippen molar-refractivity contribution in [1.82, 2.24) is 0 Å². The van der Waals surface area contributed by atoms with Crippen LogP contribution in [0.2, 0.25) is 0 Å². The lowest BCUT2D eigenvalue weighted by Gasteiger charge is -2.37. The molecule has 0 atom stereocenters. The van der Waals surface area contributed by atoms with E-state index in [0.29, 0.717) is 0 Å². The summed E-state index contributed by atoms with van der Waals surface area (Å²) in [5.41, 5.74) is 3.80. The molecule has 1 spiro atoms. The van der Waals surface area contributed by atoms with E-state index in [1.54, 1.807) is 0 Å². The second-order valence-corrected chi connectivity index (χ2v) is 13.5. The van der Waals surface area contributed by atoms with Crippen LogP contribution in [0, 0.1) is 0 Å². The summed E-state index contributed by atoms with van der Waals surface area (Å²) in [4.78, 5) is 0. The van der Waals surface area contributed by atoms with Crippen molar-refractivity contribution in [3.8, 4) is 5.75 Å². The highest BCUT2D eigenvalue weighted by Crippen LogP contribution is 2.49. The van der Waals surface area contributed by atoms with E-state index < -0.39 is 7.12 Å². The number of rotatable bonds is 3. The fraction of sp³-hybridized carbons (Fsp3) is 0.548. The lowest BCUT2D eigenvalue weighted by atomic mass is 9.76. The third-order valence-electron chi connectivity index (χ3n) is 9.82. The first-order valence-electron chi connectivity index (χ1n) is 14.1. The maximum atomic E-state index is 6.91. The summed E-state index contributed by atoms with van der Waals surface area (Å²) >= 11 is 0. The molecule has 0 unspecified atom stereocenters. The van der Waals surface area contributed by atoms with Crippen molar-refractivity contribution in [2.75, 3.05) is 0 Å². The molecule has 2 aromatic rings. The molecule has 3 heterocycles. The summed E-state index contributed by atoms with van der Waals surface area (Å²) in [5, 5.41) is 0. The average molecular weight is 514 g/mol. The molecule has 5 nitrogen and oxygen atoms in total. The average Bonchev–Trinajstić information content (AvgIpc) is 3.45. The van der Waals surface area contributed by atoms with Crippen LogP contribution in [0.25, 0.3) is 11.6 Å². The molecule has 2 aromatic carbocycles. The molecule has 200 valence electrons. The fourth-order valence-corrected chi connectivity index (χ4v) is 5.90. The quantitative estimate of drug-likeness (QED) is 0.505. The van der Waals surface area contributed by atoms with Crippen molar-refractivity contribution >= 4 is 36.8 Å². The highest BCUT2D eigenvalue weighted by molar-refractivity contribution is 6.62. The van der Waals surface area contributed by atoms with Gasteiger partial charge in [0.25, 0.3) is 0 Å². The molecule has 3 fully saturated rings. The van der Waals surface area contributed by atoms with Crippen LogP contribution >= 0.6 is 0 Å². The highest BCUT2D eigenvalue weighted by atomic mass is 16.7. The summed E-state index contributed by atoms with van der Waals surface area (Å²) in [7, 11) is -0.762. The molecule has 1 aliphatic carbocycles. The number of ether oxygens (including phenoxy) is 1. The zero-order chi connectivity index (χ0) is 27.1. The Bertz CT molecular complexity index is 1240. The van der Waals surface area contributed by atoms with Gasteiger partial charge in [0.15, 0.2) is 0 Å². The van der Waals surface area contributed by atoms with Gasteiger partial charge in [-0.05, 0) is 110 Å². The van der Waals surface area contributed by atoms with Crippen molar-refractivity contribution < 1.29 is 23.4 Å². The van der Waals surface area contributed by atoms with Crippen LogP contribution in [0.1, 0.15) is 92.2 Å². The number of benzene rings is 2. The van der Waals surface area contributed by atoms with Crippen LogP contribution in [-0.4, -0.2) is 42.2 Å². The molecule has 6 rings (SSSR count). The van der Waals surface area contributed by atoms with Crippen molar-refractivity contribution in [2.24, 2.45) is 0 Å². The highest BCUT2D eigenvalue weighted by Gasteiger charge is 2.53. The van der Waals surface area contributed by atoms with Gasteiger partial charge in [0, 0.05) is 11.1 Å². The van der Waals surface area contributed by atoms with Gasteiger partial charge in [-0.1, -0.05) is 36.4 Å². The van der Waals surface area contributed by atoms with E-state index >= 15 is 0 Å². The summed E-state index contributed by atoms with van der Waals surface area (Å²) in [6.07, 6.45) is 6.67. The third-order valence-corrected chi connectivity index (χ3v) is 9.82. The Morgan fingerprint density at radius 1 is 0.605 bits per heavy atom. The molecule has 0 N–H and O–H groups in total. The normalized spacial score (nSPS) is 25.8. The number of hydrogen-bond donors (Lipinski definition) is 0. The van der Waals surface area contributed by atoms with Gasteiger partial charge in [-0.2, -0.15) is 0 Å². The smallest absolute Gasteiger partial charge is 0.482 e. The lowest BCUT2D eigenvalue weighted by Crippen LogP contribution is -2.41. The number of fused-ring (bicyclic) bond motifs is 1. The van der Waals surface area contributed by atoms with E-state index in [4.69, 9.17) is 23.4 Å².